The van der Waals surface area contributed by atoms with Gasteiger partial charge in [0.05, 0.1) is 12.8 Å². The second-order valence-corrected chi connectivity index (χ2v) is 3.35. The Hall–Kier alpha value is -2.57. The molecule has 7 heteroatoms. The molecule has 0 aliphatic heterocycles. The Bertz CT molecular complexity index is 561. The highest BCUT2D eigenvalue weighted by molar-refractivity contribution is 5.87. The monoisotopic (exact) mass is 245 g/mol. The van der Waals surface area contributed by atoms with Gasteiger partial charge < -0.3 is 4.74 Å². The molecule has 0 aliphatic carbocycles. The molecular formula is C11H11N5O2. The lowest BCUT2D eigenvalue weighted by Gasteiger charge is -2.00. The van der Waals surface area contributed by atoms with Gasteiger partial charge in [-0.3, -0.25) is 0 Å². The first-order valence-electron chi connectivity index (χ1n) is 5.31. The molecule has 2 aromatic rings. The number of hydrogen-bond donors (Lipinski definition) is 1. The summed E-state index contributed by atoms with van der Waals surface area (Å²) in [7, 11) is 0. The van der Waals surface area contributed by atoms with Crippen molar-refractivity contribution in [1.29, 1.82) is 5.53 Å². The Balaban J connectivity index is 2.23. The number of hydrogen-bond acceptors (Lipinski definition) is 6. The fourth-order valence-corrected chi connectivity index (χ4v) is 1.35. The van der Waals surface area contributed by atoms with Crippen LogP contribution in [0.15, 0.2) is 35.7 Å². The lowest BCUT2D eigenvalue weighted by atomic mass is 10.4. The standard InChI is InChI=1S/C11H11N5O2/c1-2-18-11(17)9-5-6-16(15-9)10-4-3-8(14-12)7-13-10/h3-7,12H,2H2,1H3. The van der Waals surface area contributed by atoms with E-state index in [1.807, 2.05) is 0 Å². The van der Waals surface area contributed by atoms with E-state index in [1.165, 1.54) is 10.9 Å². The van der Waals surface area contributed by atoms with E-state index < -0.39 is 5.97 Å². The number of pyridine rings is 1. The first kappa shape index (κ1) is 11.9. The minimum absolute atomic E-state index is 0.230. The third kappa shape index (κ3) is 2.40. The number of nitrogens with zero attached hydrogens (tertiary/aromatic N) is 4. The molecule has 0 atom stereocenters. The van der Waals surface area contributed by atoms with Crippen LogP contribution in [0.3, 0.4) is 0 Å². The fourth-order valence-electron chi connectivity index (χ4n) is 1.35. The molecule has 0 radical (unpaired) electrons. The molecule has 2 heterocycles. The van der Waals surface area contributed by atoms with Gasteiger partial charge in [-0.05, 0) is 25.1 Å². The van der Waals surface area contributed by atoms with Crippen LogP contribution in [-0.4, -0.2) is 27.3 Å². The largest absolute Gasteiger partial charge is 0.461 e. The van der Waals surface area contributed by atoms with Crippen LogP contribution in [0.4, 0.5) is 5.69 Å². The van der Waals surface area contributed by atoms with E-state index >= 15 is 0 Å². The highest BCUT2D eigenvalue weighted by Gasteiger charge is 2.11. The molecule has 0 aliphatic rings. The highest BCUT2D eigenvalue weighted by atomic mass is 16.5. The summed E-state index contributed by atoms with van der Waals surface area (Å²) in [4.78, 5) is 15.5. The Morgan fingerprint density at radius 3 is 2.94 bits per heavy atom. The predicted octanol–water partition coefficient (Wildman–Crippen LogP) is 2.11. The van der Waals surface area contributed by atoms with Crippen molar-refractivity contribution in [3.63, 3.8) is 0 Å². The van der Waals surface area contributed by atoms with Crippen molar-refractivity contribution in [3.8, 4) is 5.82 Å². The Kier molecular flexibility index (Phi) is 3.42. The normalized spacial score (nSPS) is 10.1. The molecule has 7 nitrogen and oxygen atoms in total. The number of carbonyl (C=O) groups excluding carboxylic acids is 1. The molecule has 2 rings (SSSR count). The van der Waals surface area contributed by atoms with Crippen LogP contribution in [-0.2, 0) is 4.74 Å². The van der Waals surface area contributed by atoms with Crippen molar-refractivity contribution in [2.75, 3.05) is 6.61 Å². The quantitative estimate of drug-likeness (QED) is 0.659. The van der Waals surface area contributed by atoms with Crippen LogP contribution in [0, 0.1) is 5.53 Å². The van der Waals surface area contributed by atoms with Gasteiger partial charge in [-0.1, -0.05) is 0 Å². The number of esters is 1. The van der Waals surface area contributed by atoms with Gasteiger partial charge in [0.15, 0.2) is 11.5 Å². The van der Waals surface area contributed by atoms with E-state index in [9.17, 15) is 4.79 Å². The minimum Gasteiger partial charge on any atom is -0.461 e. The lowest BCUT2D eigenvalue weighted by molar-refractivity contribution is 0.0519. The first-order chi connectivity index (χ1) is 8.74. The summed E-state index contributed by atoms with van der Waals surface area (Å²) in [5.74, 6) is 0.0759. The maximum Gasteiger partial charge on any atom is 0.358 e. The zero-order valence-electron chi connectivity index (χ0n) is 9.70. The molecular weight excluding hydrogens is 234 g/mol. The third-order valence-electron chi connectivity index (χ3n) is 2.17. The average molecular weight is 245 g/mol. The molecule has 0 saturated heterocycles. The maximum absolute atomic E-state index is 11.4. The summed E-state index contributed by atoms with van der Waals surface area (Å²) in [5.41, 5.74) is 7.51. The molecule has 0 fully saturated rings. The van der Waals surface area contributed by atoms with Gasteiger partial charge >= 0.3 is 5.97 Å². The van der Waals surface area contributed by atoms with Crippen LogP contribution >= 0.6 is 0 Å². The number of ether oxygens (including phenoxy) is 1. The van der Waals surface area contributed by atoms with E-state index in [4.69, 9.17) is 10.3 Å². The minimum atomic E-state index is -0.464. The summed E-state index contributed by atoms with van der Waals surface area (Å²) in [6.45, 7) is 2.04. The Labute approximate surface area is 103 Å². The second-order valence-electron chi connectivity index (χ2n) is 3.35. The third-order valence-corrected chi connectivity index (χ3v) is 2.17. The highest BCUT2D eigenvalue weighted by Crippen LogP contribution is 2.12. The molecule has 18 heavy (non-hydrogen) atoms. The first-order valence-corrected chi connectivity index (χ1v) is 5.31. The van der Waals surface area contributed by atoms with Crippen molar-refractivity contribution in [2.24, 2.45) is 5.11 Å². The Morgan fingerprint density at radius 1 is 1.50 bits per heavy atom. The maximum atomic E-state index is 11.4. The van der Waals surface area contributed by atoms with Crippen molar-refractivity contribution in [1.82, 2.24) is 14.8 Å². The predicted molar refractivity (Wildman–Crippen MR) is 62.1 cm³/mol. The number of nitrogens with one attached hydrogen (secondary N) is 1. The fraction of sp³-hybridized carbons (Fsp3) is 0.182. The van der Waals surface area contributed by atoms with Gasteiger partial charge in [0.2, 0.25) is 0 Å². The molecule has 1 N–H and O–H groups in total. The van der Waals surface area contributed by atoms with Crippen LogP contribution in [0.5, 0.6) is 0 Å². The van der Waals surface area contributed by atoms with E-state index in [0.717, 1.165) is 0 Å². The molecule has 92 valence electrons. The van der Waals surface area contributed by atoms with Crippen molar-refractivity contribution >= 4 is 11.7 Å². The van der Waals surface area contributed by atoms with E-state index in [2.05, 4.69) is 15.2 Å². The molecule has 0 spiro atoms. The SMILES string of the molecule is CCOC(=O)c1ccn(-c2ccc(N=N)cn2)n1. The number of aromatic nitrogens is 3. The smallest absolute Gasteiger partial charge is 0.358 e. The van der Waals surface area contributed by atoms with Gasteiger partial charge in [0, 0.05) is 6.20 Å². The zero-order chi connectivity index (χ0) is 13.0. The van der Waals surface area contributed by atoms with Gasteiger partial charge in [-0.25, -0.2) is 20.0 Å². The second kappa shape index (κ2) is 5.17. The molecule has 0 bridgehead atoms. The molecule has 2 aromatic heterocycles. The van der Waals surface area contributed by atoms with Gasteiger partial charge in [0.1, 0.15) is 5.69 Å². The molecule has 0 saturated carbocycles. The number of carbonyl (C=O) groups is 1. The van der Waals surface area contributed by atoms with E-state index in [-0.39, 0.29) is 5.69 Å². The number of rotatable bonds is 4. The topological polar surface area (TPSA) is 93.2 Å². The molecule has 0 amide bonds. The lowest BCUT2D eigenvalue weighted by Crippen LogP contribution is -2.07. The summed E-state index contributed by atoms with van der Waals surface area (Å²) in [6.07, 6.45) is 3.07. The van der Waals surface area contributed by atoms with Gasteiger partial charge in [-0.15, -0.1) is 0 Å². The summed E-state index contributed by atoms with van der Waals surface area (Å²) >= 11 is 0. The van der Waals surface area contributed by atoms with Gasteiger partial charge in [0.25, 0.3) is 0 Å². The van der Waals surface area contributed by atoms with Crippen molar-refractivity contribution in [2.45, 2.75) is 6.92 Å². The summed E-state index contributed by atoms with van der Waals surface area (Å²) < 4.78 is 6.30. The van der Waals surface area contributed by atoms with Crippen molar-refractivity contribution in [3.05, 3.63) is 36.3 Å². The van der Waals surface area contributed by atoms with Crippen LogP contribution < -0.4 is 0 Å². The van der Waals surface area contributed by atoms with Crippen LogP contribution in [0.1, 0.15) is 17.4 Å². The van der Waals surface area contributed by atoms with E-state index in [0.29, 0.717) is 18.1 Å². The summed E-state index contributed by atoms with van der Waals surface area (Å²) in [5, 5.41) is 7.30. The summed E-state index contributed by atoms with van der Waals surface area (Å²) in [6, 6.07) is 4.86. The molecule has 0 aromatic carbocycles. The van der Waals surface area contributed by atoms with Crippen LogP contribution in [0.2, 0.25) is 0 Å². The van der Waals surface area contributed by atoms with Gasteiger partial charge in [-0.2, -0.15) is 10.2 Å². The van der Waals surface area contributed by atoms with Crippen LogP contribution in [0.25, 0.3) is 5.82 Å². The van der Waals surface area contributed by atoms with E-state index in [1.54, 1.807) is 31.3 Å². The average Bonchev–Trinajstić information content (AvgIpc) is 2.89. The molecule has 0 unspecified atom stereocenters. The zero-order valence-corrected chi connectivity index (χ0v) is 9.70. The Morgan fingerprint density at radius 2 is 2.33 bits per heavy atom. The van der Waals surface area contributed by atoms with Crippen molar-refractivity contribution < 1.29 is 9.53 Å².